The summed E-state index contributed by atoms with van der Waals surface area (Å²) < 4.78 is 10.6. The van der Waals surface area contributed by atoms with Crippen LogP contribution >= 0.6 is 23.2 Å². The Labute approximate surface area is 135 Å². The van der Waals surface area contributed by atoms with Crippen LogP contribution < -0.4 is 4.74 Å². The molecule has 0 saturated heterocycles. The van der Waals surface area contributed by atoms with Crippen molar-refractivity contribution in [2.45, 2.75) is 26.8 Å². The minimum atomic E-state index is -0.226. The fourth-order valence-electron chi connectivity index (χ4n) is 1.76. The Morgan fingerprint density at radius 2 is 2.05 bits per heavy atom. The van der Waals surface area contributed by atoms with Crippen molar-refractivity contribution in [3.63, 3.8) is 0 Å². The van der Waals surface area contributed by atoms with Gasteiger partial charge in [-0.3, -0.25) is 9.69 Å². The summed E-state index contributed by atoms with van der Waals surface area (Å²) in [6.45, 7) is 7.52. The maximum Gasteiger partial charge on any atom is 0.320 e. The van der Waals surface area contributed by atoms with Gasteiger partial charge < -0.3 is 9.47 Å². The fraction of sp³-hybridized carbons (Fsp3) is 0.533. The van der Waals surface area contributed by atoms with Crippen molar-refractivity contribution in [1.29, 1.82) is 0 Å². The summed E-state index contributed by atoms with van der Waals surface area (Å²) in [5, 5.41) is 1.04. The van der Waals surface area contributed by atoms with Crippen molar-refractivity contribution in [3.8, 4) is 5.75 Å². The van der Waals surface area contributed by atoms with Gasteiger partial charge in [0.25, 0.3) is 0 Å². The molecule has 118 valence electrons. The van der Waals surface area contributed by atoms with Crippen LogP contribution in [0.5, 0.6) is 5.75 Å². The number of rotatable bonds is 8. The molecule has 0 unspecified atom stereocenters. The van der Waals surface area contributed by atoms with Crippen LogP contribution in [0.2, 0.25) is 10.0 Å². The molecule has 0 aliphatic carbocycles. The average Bonchev–Trinajstić information content (AvgIpc) is 2.40. The Balaban J connectivity index is 2.48. The van der Waals surface area contributed by atoms with Gasteiger partial charge in [-0.15, -0.1) is 0 Å². The molecular formula is C15H21Cl2NO3. The summed E-state index contributed by atoms with van der Waals surface area (Å²) in [5.41, 5.74) is 0. The van der Waals surface area contributed by atoms with Crippen LogP contribution in [-0.2, 0) is 9.53 Å². The molecule has 0 fully saturated rings. The molecule has 1 rings (SSSR count). The SMILES string of the molecule is CCOC(=O)CN(CCOc1ccc(Cl)cc1Cl)C(C)C. The Hall–Kier alpha value is -0.970. The highest BCUT2D eigenvalue weighted by Gasteiger charge is 2.15. The quantitative estimate of drug-likeness (QED) is 0.681. The summed E-state index contributed by atoms with van der Waals surface area (Å²) in [6, 6.07) is 5.31. The number of nitrogens with zero attached hydrogens (tertiary/aromatic N) is 1. The first-order valence-corrected chi connectivity index (χ1v) is 7.67. The van der Waals surface area contributed by atoms with E-state index >= 15 is 0 Å². The second-order valence-corrected chi connectivity index (χ2v) is 5.64. The Morgan fingerprint density at radius 3 is 2.62 bits per heavy atom. The number of hydrogen-bond donors (Lipinski definition) is 0. The second-order valence-electron chi connectivity index (χ2n) is 4.79. The molecular weight excluding hydrogens is 313 g/mol. The summed E-state index contributed by atoms with van der Waals surface area (Å²) in [4.78, 5) is 13.5. The van der Waals surface area contributed by atoms with Crippen LogP contribution in [0.15, 0.2) is 18.2 Å². The summed E-state index contributed by atoms with van der Waals surface area (Å²) >= 11 is 11.9. The average molecular weight is 334 g/mol. The van der Waals surface area contributed by atoms with Crippen LogP contribution in [0.3, 0.4) is 0 Å². The number of carbonyl (C=O) groups excluding carboxylic acids is 1. The molecule has 0 aliphatic heterocycles. The monoisotopic (exact) mass is 333 g/mol. The zero-order valence-corrected chi connectivity index (χ0v) is 14.1. The largest absolute Gasteiger partial charge is 0.491 e. The minimum absolute atomic E-state index is 0.221. The lowest BCUT2D eigenvalue weighted by molar-refractivity contribution is -0.145. The molecule has 0 atom stereocenters. The van der Waals surface area contributed by atoms with E-state index in [-0.39, 0.29) is 18.6 Å². The van der Waals surface area contributed by atoms with Gasteiger partial charge in [0.2, 0.25) is 0 Å². The predicted octanol–water partition coefficient (Wildman–Crippen LogP) is 3.65. The maximum atomic E-state index is 11.5. The smallest absolute Gasteiger partial charge is 0.320 e. The lowest BCUT2D eigenvalue weighted by Gasteiger charge is -2.25. The van der Waals surface area contributed by atoms with Crippen molar-refractivity contribution in [1.82, 2.24) is 4.90 Å². The highest BCUT2D eigenvalue weighted by Crippen LogP contribution is 2.27. The molecule has 0 N–H and O–H groups in total. The van der Waals surface area contributed by atoms with E-state index in [0.29, 0.717) is 35.6 Å². The van der Waals surface area contributed by atoms with Gasteiger partial charge in [0.15, 0.2) is 0 Å². The van der Waals surface area contributed by atoms with Crippen molar-refractivity contribution in [2.24, 2.45) is 0 Å². The van der Waals surface area contributed by atoms with E-state index in [4.69, 9.17) is 32.7 Å². The summed E-state index contributed by atoms with van der Waals surface area (Å²) in [6.07, 6.45) is 0. The van der Waals surface area contributed by atoms with E-state index in [2.05, 4.69) is 0 Å². The van der Waals surface area contributed by atoms with Crippen molar-refractivity contribution in [2.75, 3.05) is 26.3 Å². The summed E-state index contributed by atoms with van der Waals surface area (Å²) in [7, 11) is 0. The van der Waals surface area contributed by atoms with Crippen molar-refractivity contribution < 1.29 is 14.3 Å². The molecule has 0 radical (unpaired) electrons. The van der Waals surface area contributed by atoms with E-state index in [1.807, 2.05) is 18.7 Å². The van der Waals surface area contributed by atoms with Gasteiger partial charge >= 0.3 is 5.97 Å². The molecule has 1 aromatic rings. The molecule has 21 heavy (non-hydrogen) atoms. The zero-order valence-electron chi connectivity index (χ0n) is 12.6. The van der Waals surface area contributed by atoms with E-state index in [1.165, 1.54) is 0 Å². The van der Waals surface area contributed by atoms with Crippen LogP contribution in [-0.4, -0.2) is 43.2 Å². The van der Waals surface area contributed by atoms with E-state index in [9.17, 15) is 4.79 Å². The molecule has 4 nitrogen and oxygen atoms in total. The van der Waals surface area contributed by atoms with Gasteiger partial charge in [0.05, 0.1) is 18.2 Å². The number of hydrogen-bond acceptors (Lipinski definition) is 4. The molecule has 0 bridgehead atoms. The van der Waals surface area contributed by atoms with E-state index in [0.717, 1.165) is 0 Å². The Bertz CT molecular complexity index is 466. The fourth-order valence-corrected chi connectivity index (χ4v) is 2.22. The molecule has 0 spiro atoms. The normalized spacial score (nSPS) is 11.0. The lowest BCUT2D eigenvalue weighted by atomic mass is 10.3. The number of esters is 1. The number of halogens is 2. The van der Waals surface area contributed by atoms with Crippen LogP contribution in [0, 0.1) is 0 Å². The van der Waals surface area contributed by atoms with E-state index in [1.54, 1.807) is 25.1 Å². The third kappa shape index (κ3) is 6.55. The van der Waals surface area contributed by atoms with Gasteiger partial charge in [-0.1, -0.05) is 23.2 Å². The summed E-state index contributed by atoms with van der Waals surface area (Å²) in [5.74, 6) is 0.358. The minimum Gasteiger partial charge on any atom is -0.491 e. The first-order valence-electron chi connectivity index (χ1n) is 6.91. The standard InChI is InChI=1S/C15H21Cl2NO3/c1-4-20-15(19)10-18(11(2)3)7-8-21-14-6-5-12(16)9-13(14)17/h5-6,9,11H,4,7-8,10H2,1-3H3. The van der Waals surface area contributed by atoms with Crippen LogP contribution in [0.4, 0.5) is 0 Å². The van der Waals surface area contributed by atoms with Crippen LogP contribution in [0.25, 0.3) is 0 Å². The van der Waals surface area contributed by atoms with Crippen LogP contribution in [0.1, 0.15) is 20.8 Å². The molecule has 6 heteroatoms. The molecule has 0 heterocycles. The first kappa shape index (κ1) is 18.1. The lowest BCUT2D eigenvalue weighted by Crippen LogP contribution is -2.39. The molecule has 0 aliphatic rings. The molecule has 1 aromatic carbocycles. The Morgan fingerprint density at radius 1 is 1.33 bits per heavy atom. The van der Waals surface area contributed by atoms with E-state index < -0.39 is 0 Å². The topological polar surface area (TPSA) is 38.8 Å². The zero-order chi connectivity index (χ0) is 15.8. The number of benzene rings is 1. The number of carbonyl (C=O) groups is 1. The van der Waals surface area contributed by atoms with Gasteiger partial charge in [-0.2, -0.15) is 0 Å². The van der Waals surface area contributed by atoms with Gasteiger partial charge in [-0.25, -0.2) is 0 Å². The van der Waals surface area contributed by atoms with Gasteiger partial charge in [0.1, 0.15) is 12.4 Å². The number of ether oxygens (including phenoxy) is 2. The van der Waals surface area contributed by atoms with Crippen molar-refractivity contribution in [3.05, 3.63) is 28.2 Å². The second kappa shape index (κ2) is 9.13. The molecule has 0 saturated carbocycles. The third-order valence-electron chi connectivity index (χ3n) is 2.90. The van der Waals surface area contributed by atoms with Gasteiger partial charge in [-0.05, 0) is 39.0 Å². The molecule has 0 amide bonds. The highest BCUT2D eigenvalue weighted by atomic mass is 35.5. The predicted molar refractivity (Wildman–Crippen MR) is 85.3 cm³/mol. The highest BCUT2D eigenvalue weighted by molar-refractivity contribution is 6.35. The van der Waals surface area contributed by atoms with Crippen molar-refractivity contribution >= 4 is 29.2 Å². The molecule has 0 aromatic heterocycles. The maximum absolute atomic E-state index is 11.5. The Kier molecular flexibility index (Phi) is 7.86. The van der Waals surface area contributed by atoms with Gasteiger partial charge in [0, 0.05) is 17.6 Å². The third-order valence-corrected chi connectivity index (χ3v) is 3.43. The first-order chi connectivity index (χ1) is 9.93.